The van der Waals surface area contributed by atoms with Crippen LogP contribution >= 0.6 is 11.8 Å². The predicted octanol–water partition coefficient (Wildman–Crippen LogP) is 1.94. The van der Waals surface area contributed by atoms with E-state index in [0.717, 1.165) is 12.6 Å². The monoisotopic (exact) mass is 285 g/mol. The van der Waals surface area contributed by atoms with E-state index in [2.05, 4.69) is 34.2 Å². The van der Waals surface area contributed by atoms with Crippen LogP contribution in [0.3, 0.4) is 0 Å². The Kier molecular flexibility index (Phi) is 7.58. The third-order valence-electron chi connectivity index (χ3n) is 4.32. The van der Waals surface area contributed by atoms with Gasteiger partial charge in [-0.15, -0.1) is 0 Å². The number of hydrogen-bond acceptors (Lipinski definition) is 4. The molecule has 0 aliphatic carbocycles. The molecule has 0 aromatic heterocycles. The van der Waals surface area contributed by atoms with Crippen molar-refractivity contribution in [1.82, 2.24) is 15.5 Å². The number of rotatable bonds is 6. The first-order valence-electron chi connectivity index (χ1n) is 8.11. The molecule has 3 nitrogen and oxygen atoms in total. The molecule has 2 fully saturated rings. The molecule has 2 aliphatic heterocycles. The molecule has 2 heterocycles. The van der Waals surface area contributed by atoms with Crippen LogP contribution in [-0.2, 0) is 0 Å². The Balaban J connectivity index is 1.54. The quantitative estimate of drug-likeness (QED) is 0.780. The Hall–Kier alpha value is 0.230. The van der Waals surface area contributed by atoms with Crippen LogP contribution in [0.15, 0.2) is 0 Å². The van der Waals surface area contributed by atoms with E-state index < -0.39 is 0 Å². The minimum atomic E-state index is 0.648. The van der Waals surface area contributed by atoms with Gasteiger partial charge in [0.2, 0.25) is 0 Å². The molecule has 2 saturated heterocycles. The van der Waals surface area contributed by atoms with Gasteiger partial charge >= 0.3 is 0 Å². The average Bonchev–Trinajstić information content (AvgIpc) is 2.68. The van der Waals surface area contributed by atoms with Gasteiger partial charge in [-0.1, -0.05) is 12.8 Å². The normalized spacial score (nSPS) is 27.9. The van der Waals surface area contributed by atoms with Gasteiger partial charge in [0.25, 0.3) is 0 Å². The minimum Gasteiger partial charge on any atom is -0.314 e. The van der Waals surface area contributed by atoms with Crippen LogP contribution in [0.1, 0.15) is 39.0 Å². The van der Waals surface area contributed by atoms with Crippen LogP contribution < -0.4 is 10.6 Å². The van der Waals surface area contributed by atoms with Crippen LogP contribution in [0.5, 0.6) is 0 Å². The topological polar surface area (TPSA) is 27.3 Å². The molecule has 0 bridgehead atoms. The average molecular weight is 286 g/mol. The van der Waals surface area contributed by atoms with Crippen molar-refractivity contribution in [1.29, 1.82) is 0 Å². The number of nitrogens with zero attached hydrogens (tertiary/aromatic N) is 1. The van der Waals surface area contributed by atoms with Crippen LogP contribution in [-0.4, -0.2) is 61.2 Å². The smallest absolute Gasteiger partial charge is 0.0108 e. The number of thioether (sulfide) groups is 1. The van der Waals surface area contributed by atoms with E-state index in [1.807, 2.05) is 0 Å². The second-order valence-electron chi connectivity index (χ2n) is 6.05. The molecule has 19 heavy (non-hydrogen) atoms. The molecular formula is C15H31N3S. The molecular weight excluding hydrogens is 254 g/mol. The highest BCUT2D eigenvalue weighted by molar-refractivity contribution is 7.99. The van der Waals surface area contributed by atoms with Crippen LogP contribution in [0.4, 0.5) is 0 Å². The lowest BCUT2D eigenvalue weighted by Gasteiger charge is -2.27. The fourth-order valence-corrected chi connectivity index (χ4v) is 4.08. The fourth-order valence-electron chi connectivity index (χ4n) is 3.11. The second kappa shape index (κ2) is 9.22. The summed E-state index contributed by atoms with van der Waals surface area (Å²) in [5.74, 6) is 2.64. The molecule has 2 aliphatic rings. The van der Waals surface area contributed by atoms with Crippen LogP contribution in [0.25, 0.3) is 0 Å². The van der Waals surface area contributed by atoms with Gasteiger partial charge in [-0.2, -0.15) is 11.8 Å². The van der Waals surface area contributed by atoms with E-state index in [4.69, 9.17) is 0 Å². The fraction of sp³-hybridized carbons (Fsp3) is 1.00. The summed E-state index contributed by atoms with van der Waals surface area (Å²) in [7, 11) is 0. The summed E-state index contributed by atoms with van der Waals surface area (Å²) in [5.41, 5.74) is 0. The lowest BCUT2D eigenvalue weighted by Crippen LogP contribution is -2.42. The van der Waals surface area contributed by atoms with Crippen molar-refractivity contribution in [2.45, 2.75) is 51.1 Å². The van der Waals surface area contributed by atoms with Crippen molar-refractivity contribution in [3.63, 3.8) is 0 Å². The molecule has 0 aromatic carbocycles. The van der Waals surface area contributed by atoms with Gasteiger partial charge in [0.15, 0.2) is 0 Å². The molecule has 0 saturated carbocycles. The maximum absolute atomic E-state index is 3.71. The SMILES string of the molecule is CC(CC1CCCCCN1)NCCN1CCSCC1. The maximum atomic E-state index is 3.71. The van der Waals surface area contributed by atoms with Crippen molar-refractivity contribution in [3.05, 3.63) is 0 Å². The predicted molar refractivity (Wildman–Crippen MR) is 86.1 cm³/mol. The summed E-state index contributed by atoms with van der Waals surface area (Å²) in [4.78, 5) is 2.60. The molecule has 0 aromatic rings. The highest BCUT2D eigenvalue weighted by Crippen LogP contribution is 2.12. The molecule has 112 valence electrons. The first-order chi connectivity index (χ1) is 9.34. The Bertz CT molecular complexity index is 223. The van der Waals surface area contributed by atoms with Gasteiger partial charge in [0.1, 0.15) is 0 Å². The summed E-state index contributed by atoms with van der Waals surface area (Å²) in [6, 6.07) is 1.39. The Morgan fingerprint density at radius 1 is 1.26 bits per heavy atom. The second-order valence-corrected chi connectivity index (χ2v) is 7.27. The Labute approximate surface area is 123 Å². The van der Waals surface area contributed by atoms with Gasteiger partial charge in [0.05, 0.1) is 0 Å². The largest absolute Gasteiger partial charge is 0.314 e. The van der Waals surface area contributed by atoms with Crippen molar-refractivity contribution in [2.24, 2.45) is 0 Å². The molecule has 2 unspecified atom stereocenters. The standard InChI is InChI=1S/C15H31N3S/c1-14(13-15-5-3-2-4-6-17-15)16-7-8-18-9-11-19-12-10-18/h14-17H,2-13H2,1H3. The Morgan fingerprint density at radius 2 is 2.11 bits per heavy atom. The zero-order valence-corrected chi connectivity index (χ0v) is 13.3. The maximum Gasteiger partial charge on any atom is 0.0108 e. The first-order valence-corrected chi connectivity index (χ1v) is 9.27. The van der Waals surface area contributed by atoms with Crippen molar-refractivity contribution in [2.75, 3.05) is 44.2 Å². The third-order valence-corrected chi connectivity index (χ3v) is 5.27. The van der Waals surface area contributed by atoms with E-state index in [9.17, 15) is 0 Å². The summed E-state index contributed by atoms with van der Waals surface area (Å²) < 4.78 is 0. The summed E-state index contributed by atoms with van der Waals surface area (Å²) >= 11 is 2.09. The molecule has 4 heteroatoms. The van der Waals surface area contributed by atoms with Crippen molar-refractivity contribution < 1.29 is 0 Å². The van der Waals surface area contributed by atoms with E-state index in [0.29, 0.717) is 6.04 Å². The molecule has 0 amide bonds. The molecule has 0 spiro atoms. The van der Waals surface area contributed by atoms with E-state index in [1.54, 1.807) is 0 Å². The van der Waals surface area contributed by atoms with Gasteiger partial charge < -0.3 is 15.5 Å². The van der Waals surface area contributed by atoms with E-state index >= 15 is 0 Å². The van der Waals surface area contributed by atoms with Gasteiger partial charge in [-0.05, 0) is 32.7 Å². The van der Waals surface area contributed by atoms with E-state index in [1.165, 1.54) is 69.8 Å². The summed E-state index contributed by atoms with van der Waals surface area (Å²) in [6.07, 6.45) is 6.85. The highest BCUT2D eigenvalue weighted by Gasteiger charge is 2.15. The number of hydrogen-bond donors (Lipinski definition) is 2. The van der Waals surface area contributed by atoms with Gasteiger partial charge in [-0.3, -0.25) is 0 Å². The van der Waals surface area contributed by atoms with E-state index in [-0.39, 0.29) is 0 Å². The van der Waals surface area contributed by atoms with Gasteiger partial charge in [0, 0.05) is 49.8 Å². The molecule has 2 rings (SSSR count). The lowest BCUT2D eigenvalue weighted by atomic mass is 10.0. The summed E-state index contributed by atoms with van der Waals surface area (Å²) in [5, 5.41) is 7.41. The summed E-state index contributed by atoms with van der Waals surface area (Å²) in [6.45, 7) is 8.51. The minimum absolute atomic E-state index is 0.648. The molecule has 2 N–H and O–H groups in total. The van der Waals surface area contributed by atoms with Crippen molar-refractivity contribution in [3.8, 4) is 0 Å². The zero-order valence-electron chi connectivity index (χ0n) is 12.5. The van der Waals surface area contributed by atoms with Gasteiger partial charge in [-0.25, -0.2) is 0 Å². The Morgan fingerprint density at radius 3 is 2.95 bits per heavy atom. The third kappa shape index (κ3) is 6.48. The highest BCUT2D eigenvalue weighted by atomic mass is 32.2. The van der Waals surface area contributed by atoms with Crippen LogP contribution in [0, 0.1) is 0 Å². The molecule has 0 radical (unpaired) electrons. The molecule has 2 atom stereocenters. The lowest BCUT2D eigenvalue weighted by molar-refractivity contribution is 0.291. The van der Waals surface area contributed by atoms with Crippen molar-refractivity contribution >= 4 is 11.8 Å². The first kappa shape index (κ1) is 15.6. The zero-order chi connectivity index (χ0) is 13.3. The van der Waals surface area contributed by atoms with Crippen LogP contribution in [0.2, 0.25) is 0 Å². The number of nitrogens with one attached hydrogen (secondary N) is 2.